The Bertz CT molecular complexity index is 407. The molecule has 0 radical (unpaired) electrons. The molecule has 0 N–H and O–H groups in total. The summed E-state index contributed by atoms with van der Waals surface area (Å²) in [6.07, 6.45) is 0. The second-order valence-electron chi connectivity index (χ2n) is 5.33. The highest BCUT2D eigenvalue weighted by atomic mass is 35.5. The topological polar surface area (TPSA) is 26.3 Å². The Balaban J connectivity index is 2.80. The van der Waals surface area contributed by atoms with E-state index in [9.17, 15) is 4.79 Å². The Morgan fingerprint density at radius 1 is 1.24 bits per heavy atom. The SMILES string of the molecule is Cc1cc(Cl)cc(C)c1OCC(=O)C(C)(C)C. The molecular weight excluding hydrogens is 236 g/mol. The van der Waals surface area contributed by atoms with Crippen LogP contribution in [0.15, 0.2) is 12.1 Å². The molecule has 0 saturated carbocycles. The molecule has 1 rings (SSSR count). The average Bonchev–Trinajstić information content (AvgIpc) is 2.13. The molecule has 17 heavy (non-hydrogen) atoms. The third kappa shape index (κ3) is 3.74. The monoisotopic (exact) mass is 254 g/mol. The van der Waals surface area contributed by atoms with Crippen molar-refractivity contribution in [2.45, 2.75) is 34.6 Å². The van der Waals surface area contributed by atoms with Crippen LogP contribution in [0.3, 0.4) is 0 Å². The van der Waals surface area contributed by atoms with Crippen LogP contribution in [0.1, 0.15) is 31.9 Å². The Morgan fingerprint density at radius 3 is 2.12 bits per heavy atom. The number of carbonyl (C=O) groups excluding carboxylic acids is 1. The number of Topliss-reactive ketones (excluding diaryl/α,β-unsaturated/α-hetero) is 1. The molecule has 94 valence electrons. The number of benzene rings is 1. The molecule has 3 heteroatoms. The average molecular weight is 255 g/mol. The summed E-state index contributed by atoms with van der Waals surface area (Å²) in [5, 5.41) is 0.689. The predicted molar refractivity (Wildman–Crippen MR) is 70.9 cm³/mol. The zero-order chi connectivity index (χ0) is 13.2. The van der Waals surface area contributed by atoms with Crippen LogP contribution >= 0.6 is 11.6 Å². The standard InChI is InChI=1S/C14H19ClO2/c1-9-6-11(15)7-10(2)13(9)17-8-12(16)14(3,4)5/h6-7H,8H2,1-5H3. The zero-order valence-electron chi connectivity index (χ0n) is 11.1. The lowest BCUT2D eigenvalue weighted by Gasteiger charge is -2.18. The fourth-order valence-corrected chi connectivity index (χ4v) is 1.81. The van der Waals surface area contributed by atoms with Gasteiger partial charge < -0.3 is 4.74 Å². The van der Waals surface area contributed by atoms with Crippen molar-refractivity contribution in [1.29, 1.82) is 0 Å². The van der Waals surface area contributed by atoms with E-state index in [1.54, 1.807) is 0 Å². The van der Waals surface area contributed by atoms with Gasteiger partial charge in [0.1, 0.15) is 12.4 Å². The summed E-state index contributed by atoms with van der Waals surface area (Å²) in [7, 11) is 0. The highest BCUT2D eigenvalue weighted by Gasteiger charge is 2.22. The second kappa shape index (κ2) is 5.09. The Hall–Kier alpha value is -1.02. The Kier molecular flexibility index (Phi) is 4.21. The maximum atomic E-state index is 11.8. The van der Waals surface area contributed by atoms with Crippen molar-refractivity contribution in [3.8, 4) is 5.75 Å². The Labute approximate surface area is 108 Å². The summed E-state index contributed by atoms with van der Waals surface area (Å²) >= 11 is 5.94. The summed E-state index contributed by atoms with van der Waals surface area (Å²) < 4.78 is 5.60. The number of hydrogen-bond donors (Lipinski definition) is 0. The first kappa shape index (κ1) is 14.0. The van der Waals surface area contributed by atoms with Gasteiger partial charge in [0, 0.05) is 10.4 Å². The minimum absolute atomic E-state index is 0.0891. The first-order chi connectivity index (χ1) is 7.71. The summed E-state index contributed by atoms with van der Waals surface area (Å²) in [6.45, 7) is 9.62. The molecule has 1 aromatic rings. The van der Waals surface area contributed by atoms with E-state index in [1.165, 1.54) is 0 Å². The van der Waals surface area contributed by atoms with Gasteiger partial charge in [0.2, 0.25) is 0 Å². The third-order valence-corrected chi connectivity index (χ3v) is 2.83. The van der Waals surface area contributed by atoms with Crippen LogP contribution < -0.4 is 4.74 Å². The number of rotatable bonds is 3. The van der Waals surface area contributed by atoms with Crippen LogP contribution in [-0.4, -0.2) is 12.4 Å². The second-order valence-corrected chi connectivity index (χ2v) is 5.77. The maximum Gasteiger partial charge on any atom is 0.175 e. The van der Waals surface area contributed by atoms with Gasteiger partial charge in [-0.1, -0.05) is 32.4 Å². The normalized spacial score (nSPS) is 11.4. The van der Waals surface area contributed by atoms with Gasteiger partial charge in [0.05, 0.1) is 0 Å². The van der Waals surface area contributed by atoms with E-state index in [0.29, 0.717) is 5.02 Å². The van der Waals surface area contributed by atoms with E-state index in [0.717, 1.165) is 16.9 Å². The van der Waals surface area contributed by atoms with Crippen molar-refractivity contribution in [1.82, 2.24) is 0 Å². The molecule has 2 nitrogen and oxygen atoms in total. The molecule has 0 aliphatic heterocycles. The van der Waals surface area contributed by atoms with E-state index >= 15 is 0 Å². The lowest BCUT2D eigenvalue weighted by Crippen LogP contribution is -2.26. The molecule has 0 aliphatic carbocycles. The van der Waals surface area contributed by atoms with Crippen LogP contribution in [0, 0.1) is 19.3 Å². The van der Waals surface area contributed by atoms with Gasteiger partial charge in [0.15, 0.2) is 5.78 Å². The van der Waals surface area contributed by atoms with Crippen LogP contribution in [-0.2, 0) is 4.79 Å². The van der Waals surface area contributed by atoms with Gasteiger partial charge in [-0.25, -0.2) is 0 Å². The number of ketones is 1. The molecular formula is C14H19ClO2. The fourth-order valence-electron chi connectivity index (χ4n) is 1.48. The van der Waals surface area contributed by atoms with Gasteiger partial charge in [-0.2, -0.15) is 0 Å². The molecule has 0 unspecified atom stereocenters. The molecule has 0 amide bonds. The molecule has 0 aliphatic rings. The van der Waals surface area contributed by atoms with E-state index < -0.39 is 0 Å². The number of halogens is 1. The number of aryl methyl sites for hydroxylation is 2. The first-order valence-electron chi connectivity index (χ1n) is 5.64. The van der Waals surface area contributed by atoms with Crippen molar-refractivity contribution < 1.29 is 9.53 Å². The van der Waals surface area contributed by atoms with E-state index in [2.05, 4.69) is 0 Å². The molecule has 0 bridgehead atoms. The van der Waals surface area contributed by atoms with Gasteiger partial charge >= 0.3 is 0 Å². The van der Waals surface area contributed by atoms with E-state index in [-0.39, 0.29) is 17.8 Å². The summed E-state index contributed by atoms with van der Waals surface area (Å²) in [5.74, 6) is 0.846. The zero-order valence-corrected chi connectivity index (χ0v) is 11.8. The molecule has 0 aromatic heterocycles. The van der Waals surface area contributed by atoms with Crippen LogP contribution in [0.4, 0.5) is 0 Å². The van der Waals surface area contributed by atoms with Crippen molar-refractivity contribution in [3.05, 3.63) is 28.3 Å². The minimum atomic E-state index is -0.367. The van der Waals surface area contributed by atoms with Crippen molar-refractivity contribution in [2.24, 2.45) is 5.41 Å². The third-order valence-electron chi connectivity index (χ3n) is 2.61. The van der Waals surface area contributed by atoms with Gasteiger partial charge in [-0.3, -0.25) is 4.79 Å². The van der Waals surface area contributed by atoms with Crippen LogP contribution in [0.25, 0.3) is 0 Å². The Morgan fingerprint density at radius 2 is 1.71 bits per heavy atom. The molecule has 0 spiro atoms. The largest absolute Gasteiger partial charge is 0.485 e. The quantitative estimate of drug-likeness (QED) is 0.816. The molecule has 0 atom stereocenters. The smallest absolute Gasteiger partial charge is 0.175 e. The lowest BCUT2D eigenvalue weighted by molar-refractivity contribution is -0.128. The van der Waals surface area contributed by atoms with Gasteiger partial charge in [-0.05, 0) is 37.1 Å². The van der Waals surface area contributed by atoms with E-state index in [4.69, 9.17) is 16.3 Å². The van der Waals surface area contributed by atoms with Crippen molar-refractivity contribution in [2.75, 3.05) is 6.61 Å². The predicted octanol–water partition coefficient (Wildman–Crippen LogP) is 3.95. The van der Waals surface area contributed by atoms with Crippen molar-refractivity contribution >= 4 is 17.4 Å². The number of carbonyl (C=O) groups is 1. The molecule has 0 saturated heterocycles. The van der Waals surface area contributed by atoms with Gasteiger partial charge in [0.25, 0.3) is 0 Å². The molecule has 0 fully saturated rings. The number of ether oxygens (including phenoxy) is 1. The highest BCUT2D eigenvalue weighted by molar-refractivity contribution is 6.30. The maximum absolute atomic E-state index is 11.8. The summed E-state index contributed by atoms with van der Waals surface area (Å²) in [5.41, 5.74) is 1.54. The van der Waals surface area contributed by atoms with Crippen LogP contribution in [0.2, 0.25) is 5.02 Å². The summed E-state index contributed by atoms with van der Waals surface area (Å²) in [4.78, 5) is 11.8. The fraction of sp³-hybridized carbons (Fsp3) is 0.500. The van der Waals surface area contributed by atoms with Gasteiger partial charge in [-0.15, -0.1) is 0 Å². The van der Waals surface area contributed by atoms with E-state index in [1.807, 2.05) is 46.8 Å². The molecule has 1 aromatic carbocycles. The highest BCUT2D eigenvalue weighted by Crippen LogP contribution is 2.27. The van der Waals surface area contributed by atoms with Crippen LogP contribution in [0.5, 0.6) is 5.75 Å². The van der Waals surface area contributed by atoms with Crippen molar-refractivity contribution in [3.63, 3.8) is 0 Å². The minimum Gasteiger partial charge on any atom is -0.485 e. The molecule has 0 heterocycles. The number of hydrogen-bond acceptors (Lipinski definition) is 2. The first-order valence-corrected chi connectivity index (χ1v) is 6.02. The lowest BCUT2D eigenvalue weighted by atomic mass is 9.91. The summed E-state index contributed by atoms with van der Waals surface area (Å²) in [6, 6.07) is 3.68.